The maximum atomic E-state index is 11.8. The number of aliphatic hydroxyl groups excluding tert-OH is 1. The highest BCUT2D eigenvalue weighted by atomic mass is 16.3. The molecule has 7 nitrogen and oxygen atoms in total. The van der Waals surface area contributed by atoms with Gasteiger partial charge in [-0.25, -0.2) is 4.79 Å². The van der Waals surface area contributed by atoms with Gasteiger partial charge in [0.15, 0.2) is 0 Å². The summed E-state index contributed by atoms with van der Waals surface area (Å²) in [7, 11) is 0. The number of amides is 1. The van der Waals surface area contributed by atoms with Crippen molar-refractivity contribution in [3.63, 3.8) is 0 Å². The Morgan fingerprint density at radius 2 is 2.05 bits per heavy atom. The van der Waals surface area contributed by atoms with E-state index in [-0.39, 0.29) is 24.1 Å². The van der Waals surface area contributed by atoms with E-state index in [0.29, 0.717) is 6.42 Å². The second-order valence-electron chi connectivity index (χ2n) is 4.82. The fourth-order valence-corrected chi connectivity index (χ4v) is 2.33. The van der Waals surface area contributed by atoms with Gasteiger partial charge in [-0.15, -0.1) is 0 Å². The molecular formula is C12H17N3O4. The van der Waals surface area contributed by atoms with E-state index in [1.807, 2.05) is 4.98 Å². The first-order chi connectivity index (χ1) is 9.04. The first kappa shape index (κ1) is 13.5. The Morgan fingerprint density at radius 3 is 2.74 bits per heavy atom. The van der Waals surface area contributed by atoms with E-state index in [1.54, 1.807) is 0 Å². The van der Waals surface area contributed by atoms with Crippen LogP contribution in [0.15, 0.2) is 15.7 Å². The highest BCUT2D eigenvalue weighted by Crippen LogP contribution is 2.18. The summed E-state index contributed by atoms with van der Waals surface area (Å²) >= 11 is 0. The standard InChI is InChI=1S/C12H17N3O4/c16-9-4-2-1-3-8(9)14-10(17)5-7-6-11(18)15-12(19)13-7/h6,8-9,16H,1-5H2,(H,14,17)(H2,13,15,18,19)/t8-,9-/m0/s1. The van der Waals surface area contributed by atoms with Gasteiger partial charge in [-0.3, -0.25) is 14.6 Å². The van der Waals surface area contributed by atoms with E-state index >= 15 is 0 Å². The van der Waals surface area contributed by atoms with Gasteiger partial charge in [0.1, 0.15) is 0 Å². The van der Waals surface area contributed by atoms with Crippen molar-refractivity contribution in [2.75, 3.05) is 0 Å². The second kappa shape index (κ2) is 5.83. The van der Waals surface area contributed by atoms with E-state index in [0.717, 1.165) is 19.3 Å². The molecule has 0 spiro atoms. The average molecular weight is 267 g/mol. The van der Waals surface area contributed by atoms with E-state index < -0.39 is 17.4 Å². The molecule has 19 heavy (non-hydrogen) atoms. The molecular weight excluding hydrogens is 250 g/mol. The van der Waals surface area contributed by atoms with Crippen LogP contribution in [-0.2, 0) is 11.2 Å². The van der Waals surface area contributed by atoms with Crippen molar-refractivity contribution in [2.24, 2.45) is 0 Å². The lowest BCUT2D eigenvalue weighted by atomic mass is 9.92. The molecule has 1 amide bonds. The third-order valence-corrected chi connectivity index (χ3v) is 3.24. The van der Waals surface area contributed by atoms with Gasteiger partial charge in [-0.1, -0.05) is 12.8 Å². The maximum absolute atomic E-state index is 11.8. The van der Waals surface area contributed by atoms with Crippen molar-refractivity contribution < 1.29 is 9.90 Å². The Balaban J connectivity index is 1.97. The Hall–Kier alpha value is -1.89. The van der Waals surface area contributed by atoms with E-state index in [2.05, 4.69) is 10.3 Å². The molecule has 4 N–H and O–H groups in total. The van der Waals surface area contributed by atoms with Crippen LogP contribution in [0.1, 0.15) is 31.4 Å². The predicted molar refractivity (Wildman–Crippen MR) is 67.8 cm³/mol. The fraction of sp³-hybridized carbons (Fsp3) is 0.583. The molecule has 1 aromatic heterocycles. The van der Waals surface area contributed by atoms with Gasteiger partial charge in [0, 0.05) is 11.8 Å². The van der Waals surface area contributed by atoms with Gasteiger partial charge in [0.25, 0.3) is 5.56 Å². The molecule has 0 saturated heterocycles. The molecule has 0 aromatic carbocycles. The number of rotatable bonds is 3. The van der Waals surface area contributed by atoms with Crippen molar-refractivity contribution in [1.82, 2.24) is 15.3 Å². The summed E-state index contributed by atoms with van der Waals surface area (Å²) in [5.74, 6) is -0.313. The van der Waals surface area contributed by atoms with Crippen molar-refractivity contribution in [3.05, 3.63) is 32.6 Å². The Morgan fingerprint density at radius 1 is 1.32 bits per heavy atom. The summed E-state index contributed by atoms with van der Waals surface area (Å²) in [6, 6.07) is 0.938. The normalized spacial score (nSPS) is 23.0. The highest BCUT2D eigenvalue weighted by Gasteiger charge is 2.24. The van der Waals surface area contributed by atoms with Gasteiger partial charge < -0.3 is 15.4 Å². The van der Waals surface area contributed by atoms with E-state index in [1.165, 1.54) is 6.07 Å². The first-order valence-corrected chi connectivity index (χ1v) is 6.34. The topological polar surface area (TPSA) is 115 Å². The SMILES string of the molecule is O=C(Cc1cc(=O)[nH]c(=O)[nH]1)N[C@H]1CCCC[C@@H]1O. The monoisotopic (exact) mass is 267 g/mol. The van der Waals surface area contributed by atoms with Crippen LogP contribution in [0.25, 0.3) is 0 Å². The minimum absolute atomic E-state index is 0.0810. The molecule has 0 radical (unpaired) electrons. The quantitative estimate of drug-likeness (QED) is 0.563. The summed E-state index contributed by atoms with van der Waals surface area (Å²) in [5.41, 5.74) is -0.909. The summed E-state index contributed by atoms with van der Waals surface area (Å²) < 4.78 is 0. The molecule has 1 aliphatic carbocycles. The number of H-pyrrole nitrogens is 2. The largest absolute Gasteiger partial charge is 0.391 e. The molecule has 1 heterocycles. The molecule has 1 saturated carbocycles. The van der Waals surface area contributed by atoms with Crippen LogP contribution in [0.2, 0.25) is 0 Å². The Kier molecular flexibility index (Phi) is 4.16. The number of aromatic nitrogens is 2. The second-order valence-corrected chi connectivity index (χ2v) is 4.82. The zero-order chi connectivity index (χ0) is 13.8. The van der Waals surface area contributed by atoms with Crippen LogP contribution >= 0.6 is 0 Å². The van der Waals surface area contributed by atoms with Gasteiger partial charge in [0.05, 0.1) is 18.6 Å². The van der Waals surface area contributed by atoms with Crippen LogP contribution in [0.3, 0.4) is 0 Å². The van der Waals surface area contributed by atoms with Gasteiger partial charge in [0.2, 0.25) is 5.91 Å². The molecule has 0 bridgehead atoms. The zero-order valence-electron chi connectivity index (χ0n) is 10.4. The third kappa shape index (κ3) is 3.78. The van der Waals surface area contributed by atoms with Crippen LogP contribution in [0.5, 0.6) is 0 Å². The molecule has 2 rings (SSSR count). The maximum Gasteiger partial charge on any atom is 0.325 e. The first-order valence-electron chi connectivity index (χ1n) is 6.34. The number of hydrogen-bond acceptors (Lipinski definition) is 4. The summed E-state index contributed by atoms with van der Waals surface area (Å²) in [5, 5.41) is 12.5. The van der Waals surface area contributed by atoms with Gasteiger partial charge in [-0.05, 0) is 12.8 Å². The van der Waals surface area contributed by atoms with Crippen LogP contribution in [0, 0.1) is 0 Å². The molecule has 104 valence electrons. The Bertz CT molecular complexity index is 534. The minimum Gasteiger partial charge on any atom is -0.391 e. The third-order valence-electron chi connectivity index (χ3n) is 3.24. The number of aromatic amines is 2. The zero-order valence-corrected chi connectivity index (χ0v) is 10.4. The highest BCUT2D eigenvalue weighted by molar-refractivity contribution is 5.78. The van der Waals surface area contributed by atoms with Crippen molar-refractivity contribution >= 4 is 5.91 Å². The van der Waals surface area contributed by atoms with Crippen LogP contribution < -0.4 is 16.6 Å². The molecule has 0 aliphatic heterocycles. The van der Waals surface area contributed by atoms with Crippen molar-refractivity contribution in [1.29, 1.82) is 0 Å². The summed E-state index contributed by atoms with van der Waals surface area (Å²) in [6.45, 7) is 0. The number of carbonyl (C=O) groups excluding carboxylic acids is 1. The summed E-state index contributed by atoms with van der Waals surface area (Å²) in [4.78, 5) is 38.4. The van der Waals surface area contributed by atoms with Crippen LogP contribution in [-0.4, -0.2) is 33.1 Å². The van der Waals surface area contributed by atoms with Crippen molar-refractivity contribution in [3.8, 4) is 0 Å². The smallest absolute Gasteiger partial charge is 0.325 e. The van der Waals surface area contributed by atoms with Crippen molar-refractivity contribution in [2.45, 2.75) is 44.2 Å². The number of carbonyl (C=O) groups is 1. The lowest BCUT2D eigenvalue weighted by Crippen LogP contribution is -2.45. The molecule has 0 unspecified atom stereocenters. The van der Waals surface area contributed by atoms with Gasteiger partial charge in [-0.2, -0.15) is 0 Å². The number of aliphatic hydroxyl groups is 1. The number of nitrogens with one attached hydrogen (secondary N) is 3. The lowest BCUT2D eigenvalue weighted by Gasteiger charge is -2.28. The molecule has 7 heteroatoms. The van der Waals surface area contributed by atoms with Gasteiger partial charge >= 0.3 is 5.69 Å². The minimum atomic E-state index is -0.631. The Labute approximate surface area is 109 Å². The molecule has 2 atom stereocenters. The molecule has 1 fully saturated rings. The fourth-order valence-electron chi connectivity index (χ4n) is 2.33. The lowest BCUT2D eigenvalue weighted by molar-refractivity contribution is -0.122. The predicted octanol–water partition coefficient (Wildman–Crippen LogP) is -0.975. The molecule has 1 aliphatic rings. The van der Waals surface area contributed by atoms with E-state index in [4.69, 9.17) is 0 Å². The summed E-state index contributed by atoms with van der Waals surface area (Å²) in [6.07, 6.45) is 2.78. The number of hydrogen-bond donors (Lipinski definition) is 4. The van der Waals surface area contributed by atoms with E-state index in [9.17, 15) is 19.5 Å². The van der Waals surface area contributed by atoms with Crippen LogP contribution in [0.4, 0.5) is 0 Å². The molecule has 1 aromatic rings. The average Bonchev–Trinajstić information content (AvgIpc) is 2.30.